The molecule has 5 heteroatoms. The van der Waals surface area contributed by atoms with Gasteiger partial charge in [0.05, 0.1) is 11.8 Å². The van der Waals surface area contributed by atoms with Gasteiger partial charge in [0.15, 0.2) is 5.13 Å². The molecule has 0 aliphatic carbocycles. The summed E-state index contributed by atoms with van der Waals surface area (Å²) in [6, 6.07) is 10.1. The number of nitrogens with zero attached hydrogens (tertiary/aromatic N) is 2. The number of para-hydroxylation sites is 1. The third-order valence-corrected chi connectivity index (χ3v) is 4.25. The van der Waals surface area contributed by atoms with Crippen molar-refractivity contribution in [2.24, 2.45) is 0 Å². The molecule has 1 aliphatic heterocycles. The van der Waals surface area contributed by atoms with Crippen molar-refractivity contribution in [2.45, 2.75) is 25.5 Å². The molecule has 0 saturated carbocycles. The third kappa shape index (κ3) is 3.56. The first-order chi connectivity index (χ1) is 9.79. The number of rotatable bonds is 4. The number of hydrogen-bond donors (Lipinski definition) is 2. The predicted molar refractivity (Wildman–Crippen MR) is 82.4 cm³/mol. The Morgan fingerprint density at radius 3 is 3.00 bits per heavy atom. The molecule has 0 radical (unpaired) electrons. The smallest absolute Gasteiger partial charge is 0.187 e. The lowest BCUT2D eigenvalue weighted by atomic mass is 10.1. The maximum Gasteiger partial charge on any atom is 0.187 e. The van der Waals surface area contributed by atoms with Crippen LogP contribution in [-0.4, -0.2) is 34.2 Å². The highest BCUT2D eigenvalue weighted by molar-refractivity contribution is 7.13. The first-order valence-electron chi connectivity index (χ1n) is 6.96. The molecule has 4 nitrogen and oxygen atoms in total. The number of thiazole rings is 1. The van der Waals surface area contributed by atoms with E-state index in [2.05, 4.69) is 20.6 Å². The molecule has 20 heavy (non-hydrogen) atoms. The van der Waals surface area contributed by atoms with Gasteiger partial charge >= 0.3 is 0 Å². The van der Waals surface area contributed by atoms with Crippen LogP contribution < -0.4 is 5.32 Å². The first kappa shape index (κ1) is 13.5. The molecule has 0 spiro atoms. The van der Waals surface area contributed by atoms with Gasteiger partial charge in [0.25, 0.3) is 0 Å². The van der Waals surface area contributed by atoms with E-state index in [0.29, 0.717) is 0 Å². The quantitative estimate of drug-likeness (QED) is 0.908. The zero-order valence-corrected chi connectivity index (χ0v) is 12.1. The van der Waals surface area contributed by atoms with Gasteiger partial charge in [-0.15, -0.1) is 11.3 Å². The van der Waals surface area contributed by atoms with Crippen LogP contribution in [0.3, 0.4) is 0 Å². The zero-order valence-electron chi connectivity index (χ0n) is 11.3. The highest BCUT2D eigenvalue weighted by Gasteiger charge is 2.18. The van der Waals surface area contributed by atoms with Gasteiger partial charge in [-0.2, -0.15) is 0 Å². The molecule has 0 unspecified atom stereocenters. The number of likely N-dealkylation sites (tertiary alicyclic amines) is 1. The van der Waals surface area contributed by atoms with E-state index in [9.17, 15) is 5.11 Å². The molecule has 1 aromatic heterocycles. The van der Waals surface area contributed by atoms with Crippen LogP contribution in [0, 0.1) is 0 Å². The molecule has 1 saturated heterocycles. The maximum absolute atomic E-state index is 9.69. The Hall–Kier alpha value is -1.43. The Bertz CT molecular complexity index is 543. The largest absolute Gasteiger partial charge is 0.392 e. The summed E-state index contributed by atoms with van der Waals surface area (Å²) in [6.07, 6.45) is 1.82. The summed E-state index contributed by atoms with van der Waals surface area (Å²) < 4.78 is 0. The van der Waals surface area contributed by atoms with Gasteiger partial charge in [-0.1, -0.05) is 18.2 Å². The highest BCUT2D eigenvalue weighted by Crippen LogP contribution is 2.22. The molecular weight excluding hydrogens is 270 g/mol. The van der Waals surface area contributed by atoms with E-state index in [1.165, 1.54) is 0 Å². The highest BCUT2D eigenvalue weighted by atomic mass is 32.1. The monoisotopic (exact) mass is 289 g/mol. The van der Waals surface area contributed by atoms with Crippen LogP contribution in [0.4, 0.5) is 10.8 Å². The van der Waals surface area contributed by atoms with E-state index in [-0.39, 0.29) is 6.10 Å². The average molecular weight is 289 g/mol. The Labute approximate surface area is 123 Å². The Morgan fingerprint density at radius 1 is 1.35 bits per heavy atom. The second-order valence-corrected chi connectivity index (χ2v) is 6.02. The number of β-amino-alcohol motifs (C(OH)–C–C–N with tert-alkyl or cyclic N) is 1. The van der Waals surface area contributed by atoms with E-state index in [4.69, 9.17) is 0 Å². The molecule has 1 fully saturated rings. The number of anilines is 2. The predicted octanol–water partition coefficient (Wildman–Crippen LogP) is 2.84. The van der Waals surface area contributed by atoms with Crippen LogP contribution in [0.1, 0.15) is 18.5 Å². The van der Waals surface area contributed by atoms with Crippen LogP contribution >= 0.6 is 11.3 Å². The number of piperidine rings is 1. The Balaban J connectivity index is 1.59. The van der Waals surface area contributed by atoms with Gasteiger partial charge < -0.3 is 10.4 Å². The van der Waals surface area contributed by atoms with Gasteiger partial charge in [0.2, 0.25) is 0 Å². The van der Waals surface area contributed by atoms with Crippen molar-refractivity contribution >= 4 is 22.2 Å². The topological polar surface area (TPSA) is 48.4 Å². The van der Waals surface area contributed by atoms with Crippen molar-refractivity contribution in [2.75, 3.05) is 18.4 Å². The second-order valence-electron chi connectivity index (χ2n) is 5.17. The molecule has 1 atom stereocenters. The molecule has 0 bridgehead atoms. The van der Waals surface area contributed by atoms with E-state index in [1.54, 1.807) is 11.3 Å². The van der Waals surface area contributed by atoms with Gasteiger partial charge in [-0.3, -0.25) is 4.90 Å². The molecule has 1 aromatic carbocycles. The van der Waals surface area contributed by atoms with Crippen molar-refractivity contribution in [1.29, 1.82) is 0 Å². The minimum absolute atomic E-state index is 0.177. The number of nitrogens with one attached hydrogen (secondary N) is 1. The second kappa shape index (κ2) is 6.35. The lowest BCUT2D eigenvalue weighted by molar-refractivity contribution is 0.0663. The fourth-order valence-electron chi connectivity index (χ4n) is 2.49. The fourth-order valence-corrected chi connectivity index (χ4v) is 3.21. The Morgan fingerprint density at radius 2 is 2.20 bits per heavy atom. The molecule has 3 rings (SSSR count). The fraction of sp³-hybridized carbons (Fsp3) is 0.400. The van der Waals surface area contributed by atoms with Gasteiger partial charge in [-0.05, 0) is 31.5 Å². The molecule has 2 aromatic rings. The molecule has 106 valence electrons. The molecule has 0 amide bonds. The van der Waals surface area contributed by atoms with Crippen molar-refractivity contribution in [1.82, 2.24) is 9.88 Å². The number of hydrogen-bond acceptors (Lipinski definition) is 5. The van der Waals surface area contributed by atoms with Crippen molar-refractivity contribution < 1.29 is 5.11 Å². The summed E-state index contributed by atoms with van der Waals surface area (Å²) in [5.74, 6) is 0. The summed E-state index contributed by atoms with van der Waals surface area (Å²) in [7, 11) is 0. The summed E-state index contributed by atoms with van der Waals surface area (Å²) in [5, 5.41) is 16.0. The molecule has 2 N–H and O–H groups in total. The molecular formula is C15H19N3OS. The van der Waals surface area contributed by atoms with Crippen LogP contribution in [0.25, 0.3) is 0 Å². The van der Waals surface area contributed by atoms with E-state index in [1.807, 2.05) is 30.3 Å². The average Bonchev–Trinajstić information content (AvgIpc) is 2.87. The number of benzene rings is 1. The first-order valence-corrected chi connectivity index (χ1v) is 7.84. The summed E-state index contributed by atoms with van der Waals surface area (Å²) >= 11 is 1.62. The SMILES string of the molecule is O[C@H]1CCCN(Cc2csc(Nc3ccccc3)n2)C1. The van der Waals surface area contributed by atoms with Crippen molar-refractivity contribution in [3.05, 3.63) is 41.4 Å². The minimum Gasteiger partial charge on any atom is -0.392 e. The van der Waals surface area contributed by atoms with Crippen molar-refractivity contribution in [3.63, 3.8) is 0 Å². The van der Waals surface area contributed by atoms with Gasteiger partial charge in [0.1, 0.15) is 0 Å². The lowest BCUT2D eigenvalue weighted by Gasteiger charge is -2.29. The van der Waals surface area contributed by atoms with E-state index < -0.39 is 0 Å². The van der Waals surface area contributed by atoms with Crippen LogP contribution in [-0.2, 0) is 6.54 Å². The summed E-state index contributed by atoms with van der Waals surface area (Å²) in [4.78, 5) is 6.88. The maximum atomic E-state index is 9.69. The van der Waals surface area contributed by atoms with Crippen LogP contribution in [0.2, 0.25) is 0 Å². The molecule has 1 aliphatic rings. The van der Waals surface area contributed by atoms with Crippen molar-refractivity contribution in [3.8, 4) is 0 Å². The Kier molecular flexibility index (Phi) is 4.30. The standard InChI is InChI=1S/C15H19N3OS/c19-14-7-4-8-18(10-14)9-13-11-20-15(17-13)16-12-5-2-1-3-6-12/h1-3,5-6,11,14,19H,4,7-10H2,(H,16,17)/t14-/m0/s1. The van der Waals surface area contributed by atoms with Crippen LogP contribution in [0.15, 0.2) is 35.7 Å². The van der Waals surface area contributed by atoms with Gasteiger partial charge in [0, 0.05) is 24.2 Å². The number of aliphatic hydroxyl groups excluding tert-OH is 1. The summed E-state index contributed by atoms with van der Waals surface area (Å²) in [6.45, 7) is 2.64. The van der Waals surface area contributed by atoms with Crippen LogP contribution in [0.5, 0.6) is 0 Å². The number of aliphatic hydroxyl groups is 1. The van der Waals surface area contributed by atoms with E-state index in [0.717, 1.165) is 49.0 Å². The van der Waals surface area contributed by atoms with Gasteiger partial charge in [-0.25, -0.2) is 4.98 Å². The van der Waals surface area contributed by atoms with E-state index >= 15 is 0 Å². The zero-order chi connectivity index (χ0) is 13.8. The summed E-state index contributed by atoms with van der Waals surface area (Å²) in [5.41, 5.74) is 2.13. The third-order valence-electron chi connectivity index (χ3n) is 3.44. The number of aromatic nitrogens is 1. The lowest BCUT2D eigenvalue weighted by Crippen LogP contribution is -2.37. The normalized spacial score (nSPS) is 19.9. The molecule has 2 heterocycles. The minimum atomic E-state index is -0.177.